The number of aromatic nitrogens is 2. The van der Waals surface area contributed by atoms with Crippen molar-refractivity contribution in [2.24, 2.45) is 4.99 Å². The monoisotopic (exact) mass is 191 g/mol. The van der Waals surface area contributed by atoms with E-state index in [1.807, 2.05) is 6.92 Å². The van der Waals surface area contributed by atoms with Crippen molar-refractivity contribution in [3.8, 4) is 0 Å². The summed E-state index contributed by atoms with van der Waals surface area (Å²) in [6.07, 6.45) is 3.30. The fraction of sp³-hybridized carbons (Fsp3) is 0.300. The first-order valence-corrected chi connectivity index (χ1v) is 4.38. The highest BCUT2D eigenvalue weighted by atomic mass is 16.5. The summed E-state index contributed by atoms with van der Waals surface area (Å²) < 4.78 is 5.17. The average molecular weight is 191 g/mol. The van der Waals surface area contributed by atoms with E-state index in [0.29, 0.717) is 24.0 Å². The Labute approximate surface area is 83.4 Å². The van der Waals surface area contributed by atoms with Gasteiger partial charge in [0.1, 0.15) is 5.70 Å². The molecule has 0 saturated carbocycles. The van der Waals surface area contributed by atoms with E-state index in [1.165, 1.54) is 0 Å². The van der Waals surface area contributed by atoms with Crippen LogP contribution in [0.25, 0.3) is 5.70 Å². The SMILES string of the molecule is C=C(/N=C(\C)OCC)c1ncccn1. The third-order valence-electron chi connectivity index (χ3n) is 1.47. The molecule has 1 aromatic rings. The molecule has 4 heteroatoms. The van der Waals surface area contributed by atoms with Crippen molar-refractivity contribution >= 4 is 11.6 Å². The zero-order valence-corrected chi connectivity index (χ0v) is 8.40. The van der Waals surface area contributed by atoms with Crippen LogP contribution in [0.3, 0.4) is 0 Å². The minimum Gasteiger partial charge on any atom is -0.481 e. The molecule has 0 fully saturated rings. The number of hydrogen-bond acceptors (Lipinski definition) is 4. The Bertz CT molecular complexity index is 332. The van der Waals surface area contributed by atoms with Crippen LogP contribution in [0.1, 0.15) is 19.7 Å². The van der Waals surface area contributed by atoms with Crippen LogP contribution in [0.2, 0.25) is 0 Å². The lowest BCUT2D eigenvalue weighted by Gasteiger charge is -2.02. The molecular formula is C10H13N3O. The fourth-order valence-electron chi connectivity index (χ4n) is 0.929. The fourth-order valence-corrected chi connectivity index (χ4v) is 0.929. The van der Waals surface area contributed by atoms with Gasteiger partial charge in [-0.1, -0.05) is 6.58 Å². The molecule has 0 atom stereocenters. The molecule has 0 radical (unpaired) electrons. The van der Waals surface area contributed by atoms with Crippen molar-refractivity contribution in [3.05, 3.63) is 30.9 Å². The molecule has 0 aromatic carbocycles. The van der Waals surface area contributed by atoms with Gasteiger partial charge in [-0.05, 0) is 13.0 Å². The Balaban J connectivity index is 2.72. The maximum Gasteiger partial charge on any atom is 0.185 e. The first kappa shape index (κ1) is 10.4. The highest BCUT2D eigenvalue weighted by Gasteiger charge is 1.99. The molecule has 0 aliphatic carbocycles. The van der Waals surface area contributed by atoms with Crippen LogP contribution in [0.5, 0.6) is 0 Å². The molecule has 1 heterocycles. The summed E-state index contributed by atoms with van der Waals surface area (Å²) in [7, 11) is 0. The number of nitrogens with zero attached hydrogens (tertiary/aromatic N) is 3. The van der Waals surface area contributed by atoms with E-state index < -0.39 is 0 Å². The molecule has 74 valence electrons. The summed E-state index contributed by atoms with van der Waals surface area (Å²) in [5.74, 6) is 1.09. The molecule has 0 bridgehead atoms. The zero-order chi connectivity index (χ0) is 10.4. The van der Waals surface area contributed by atoms with Crippen molar-refractivity contribution in [2.75, 3.05) is 6.61 Å². The van der Waals surface area contributed by atoms with Gasteiger partial charge in [0.2, 0.25) is 0 Å². The van der Waals surface area contributed by atoms with Gasteiger partial charge in [-0.25, -0.2) is 15.0 Å². The Morgan fingerprint density at radius 3 is 2.71 bits per heavy atom. The summed E-state index contributed by atoms with van der Waals surface area (Å²) in [5.41, 5.74) is 0.511. The second kappa shape index (κ2) is 5.11. The maximum absolute atomic E-state index is 5.17. The predicted molar refractivity (Wildman–Crippen MR) is 55.8 cm³/mol. The Morgan fingerprint density at radius 2 is 2.14 bits per heavy atom. The normalized spacial score (nSPS) is 11.1. The van der Waals surface area contributed by atoms with Gasteiger partial charge in [-0.3, -0.25) is 0 Å². The van der Waals surface area contributed by atoms with Crippen LogP contribution in [0, 0.1) is 0 Å². The third-order valence-corrected chi connectivity index (χ3v) is 1.47. The quantitative estimate of drug-likeness (QED) is 0.541. The molecule has 0 N–H and O–H groups in total. The summed E-state index contributed by atoms with van der Waals surface area (Å²) >= 11 is 0. The van der Waals surface area contributed by atoms with E-state index in [2.05, 4.69) is 21.5 Å². The second-order valence-electron chi connectivity index (χ2n) is 2.58. The van der Waals surface area contributed by atoms with Gasteiger partial charge in [-0.15, -0.1) is 0 Å². The predicted octanol–water partition coefficient (Wildman–Crippen LogP) is 1.90. The number of hydrogen-bond donors (Lipinski definition) is 0. The molecule has 4 nitrogen and oxygen atoms in total. The van der Waals surface area contributed by atoms with E-state index >= 15 is 0 Å². The number of rotatable bonds is 3. The molecule has 0 amide bonds. The standard InChI is InChI=1S/C10H13N3O/c1-4-14-9(3)13-8(2)10-11-6-5-7-12-10/h5-7H,2,4H2,1,3H3/b13-9+. The Kier molecular flexibility index (Phi) is 3.79. The molecule has 0 aliphatic rings. The van der Waals surface area contributed by atoms with Gasteiger partial charge in [0.05, 0.1) is 6.61 Å². The minimum atomic E-state index is 0.511. The van der Waals surface area contributed by atoms with Crippen molar-refractivity contribution in [3.63, 3.8) is 0 Å². The molecule has 1 rings (SSSR count). The van der Waals surface area contributed by atoms with Crippen molar-refractivity contribution in [1.29, 1.82) is 0 Å². The largest absolute Gasteiger partial charge is 0.481 e. The first-order valence-electron chi connectivity index (χ1n) is 4.38. The maximum atomic E-state index is 5.17. The molecule has 0 saturated heterocycles. The topological polar surface area (TPSA) is 47.4 Å². The van der Waals surface area contributed by atoms with Crippen molar-refractivity contribution < 1.29 is 4.74 Å². The van der Waals surface area contributed by atoms with Crippen LogP contribution in [0.15, 0.2) is 30.0 Å². The van der Waals surface area contributed by atoms with Gasteiger partial charge < -0.3 is 4.74 Å². The lowest BCUT2D eigenvalue weighted by atomic mass is 10.4. The van der Waals surface area contributed by atoms with Crippen molar-refractivity contribution in [1.82, 2.24) is 9.97 Å². The number of aliphatic imine (C=N–C) groups is 1. The number of ether oxygens (including phenoxy) is 1. The average Bonchev–Trinajstić information content (AvgIpc) is 2.19. The van der Waals surface area contributed by atoms with Gasteiger partial charge in [0.15, 0.2) is 11.7 Å². The lowest BCUT2D eigenvalue weighted by Crippen LogP contribution is -2.00. The van der Waals surface area contributed by atoms with Crippen LogP contribution in [-0.4, -0.2) is 22.5 Å². The minimum absolute atomic E-state index is 0.511. The molecule has 0 aliphatic heterocycles. The summed E-state index contributed by atoms with van der Waals surface area (Å²) in [4.78, 5) is 12.1. The first-order chi connectivity index (χ1) is 6.74. The van der Waals surface area contributed by atoms with Crippen molar-refractivity contribution in [2.45, 2.75) is 13.8 Å². The van der Waals surface area contributed by atoms with Crippen LogP contribution >= 0.6 is 0 Å². The lowest BCUT2D eigenvalue weighted by molar-refractivity contribution is 0.325. The van der Waals surface area contributed by atoms with E-state index in [1.54, 1.807) is 25.4 Å². The third kappa shape index (κ3) is 2.97. The molecule has 0 spiro atoms. The smallest absolute Gasteiger partial charge is 0.185 e. The van der Waals surface area contributed by atoms with Gasteiger partial charge >= 0.3 is 0 Å². The van der Waals surface area contributed by atoms with E-state index in [9.17, 15) is 0 Å². The summed E-state index contributed by atoms with van der Waals surface area (Å²) in [6, 6.07) is 1.75. The Morgan fingerprint density at radius 1 is 1.50 bits per heavy atom. The summed E-state index contributed by atoms with van der Waals surface area (Å²) in [6.45, 7) is 8.03. The van der Waals surface area contributed by atoms with Crippen LogP contribution in [0.4, 0.5) is 0 Å². The van der Waals surface area contributed by atoms with E-state index in [4.69, 9.17) is 4.74 Å². The Hall–Kier alpha value is -1.71. The summed E-state index contributed by atoms with van der Waals surface area (Å²) in [5, 5.41) is 0. The second-order valence-corrected chi connectivity index (χ2v) is 2.58. The van der Waals surface area contributed by atoms with E-state index in [-0.39, 0.29) is 0 Å². The van der Waals surface area contributed by atoms with Crippen LogP contribution in [-0.2, 0) is 4.74 Å². The molecule has 14 heavy (non-hydrogen) atoms. The molecule has 0 unspecified atom stereocenters. The van der Waals surface area contributed by atoms with Gasteiger partial charge in [-0.2, -0.15) is 0 Å². The highest BCUT2D eigenvalue weighted by Crippen LogP contribution is 2.06. The van der Waals surface area contributed by atoms with Gasteiger partial charge in [0, 0.05) is 19.3 Å². The zero-order valence-electron chi connectivity index (χ0n) is 8.40. The van der Waals surface area contributed by atoms with Crippen LogP contribution < -0.4 is 0 Å². The highest BCUT2D eigenvalue weighted by molar-refractivity contribution is 5.79. The molecule has 1 aromatic heterocycles. The van der Waals surface area contributed by atoms with Gasteiger partial charge in [0.25, 0.3) is 0 Å². The van der Waals surface area contributed by atoms with E-state index in [0.717, 1.165) is 0 Å². The molecular weight excluding hydrogens is 178 g/mol.